The highest BCUT2D eigenvalue weighted by Crippen LogP contribution is 2.40. The van der Waals surface area contributed by atoms with Gasteiger partial charge in [0.1, 0.15) is 11.4 Å². The fraction of sp³-hybridized carbons (Fsp3) is 0.273. The summed E-state index contributed by atoms with van der Waals surface area (Å²) in [6.45, 7) is 4.87. The summed E-state index contributed by atoms with van der Waals surface area (Å²) in [7, 11) is 0. The summed E-state index contributed by atoms with van der Waals surface area (Å²) in [5.74, 6) is -0.197. The maximum Gasteiger partial charge on any atom is 0.416 e. The molecular weight excluding hydrogens is 415 g/mol. The van der Waals surface area contributed by atoms with Crippen molar-refractivity contribution >= 4 is 17.5 Å². The smallest absolute Gasteiger partial charge is 0.333 e. The highest BCUT2D eigenvalue weighted by atomic mass is 35.5. The zero-order chi connectivity index (χ0) is 21.6. The third-order valence-electron chi connectivity index (χ3n) is 5.22. The minimum Gasteiger partial charge on any atom is -0.333 e. The van der Waals surface area contributed by atoms with E-state index in [2.05, 4.69) is 5.10 Å². The van der Waals surface area contributed by atoms with Crippen LogP contribution in [0.4, 0.5) is 13.2 Å². The second-order valence-corrected chi connectivity index (χ2v) is 7.85. The van der Waals surface area contributed by atoms with Gasteiger partial charge in [0.25, 0.3) is 5.91 Å². The highest BCUT2D eigenvalue weighted by molar-refractivity contribution is 6.33. The lowest BCUT2D eigenvalue weighted by Crippen LogP contribution is -2.44. The molecule has 2 aromatic carbocycles. The quantitative estimate of drug-likeness (QED) is 0.527. The summed E-state index contributed by atoms with van der Waals surface area (Å²) in [6, 6.07) is 11.9. The van der Waals surface area contributed by atoms with Crippen LogP contribution in [0.15, 0.2) is 48.5 Å². The Hall–Kier alpha value is -2.80. The molecule has 1 aliphatic heterocycles. The van der Waals surface area contributed by atoms with Gasteiger partial charge in [0, 0.05) is 23.7 Å². The molecule has 3 aromatic rings. The van der Waals surface area contributed by atoms with Gasteiger partial charge in [-0.25, -0.2) is 0 Å². The first-order valence-electron chi connectivity index (χ1n) is 9.52. The largest absolute Gasteiger partial charge is 0.416 e. The molecule has 1 aliphatic rings. The van der Waals surface area contributed by atoms with Crippen molar-refractivity contribution in [3.63, 3.8) is 0 Å². The van der Waals surface area contributed by atoms with Gasteiger partial charge in [0.15, 0.2) is 0 Å². The standard InChI is InChI=1S/C22H19ClF3N3O/c1-13(2)28-11-12-29-20(21(28)30)18(14-7-9-15(10-8-14)22(24,25)26)19(27-29)16-5-3-4-6-17(16)23/h3-10,13H,11-12H2,1-2H3. The number of carbonyl (C=O) groups is 1. The minimum absolute atomic E-state index is 0.00892. The highest BCUT2D eigenvalue weighted by Gasteiger charge is 2.34. The molecule has 1 amide bonds. The Labute approximate surface area is 176 Å². The van der Waals surface area contributed by atoms with E-state index in [0.29, 0.717) is 46.2 Å². The molecule has 156 valence electrons. The van der Waals surface area contributed by atoms with Crippen LogP contribution in [0.3, 0.4) is 0 Å². The van der Waals surface area contributed by atoms with E-state index in [9.17, 15) is 18.0 Å². The van der Waals surface area contributed by atoms with E-state index in [1.807, 2.05) is 13.8 Å². The summed E-state index contributed by atoms with van der Waals surface area (Å²) in [5.41, 5.74) is 1.70. The molecule has 2 heterocycles. The van der Waals surface area contributed by atoms with Gasteiger partial charge in [-0.2, -0.15) is 18.3 Å². The minimum atomic E-state index is -4.44. The first kappa shape index (κ1) is 20.5. The van der Waals surface area contributed by atoms with Gasteiger partial charge in [0.2, 0.25) is 0 Å². The maximum atomic E-state index is 13.3. The van der Waals surface area contributed by atoms with Crippen molar-refractivity contribution in [2.75, 3.05) is 6.54 Å². The van der Waals surface area contributed by atoms with E-state index in [-0.39, 0.29) is 11.9 Å². The van der Waals surface area contributed by atoms with Crippen LogP contribution in [0.5, 0.6) is 0 Å². The first-order valence-corrected chi connectivity index (χ1v) is 9.90. The molecule has 8 heteroatoms. The molecule has 30 heavy (non-hydrogen) atoms. The van der Waals surface area contributed by atoms with Crippen molar-refractivity contribution in [1.29, 1.82) is 0 Å². The lowest BCUT2D eigenvalue weighted by molar-refractivity contribution is -0.137. The van der Waals surface area contributed by atoms with Crippen LogP contribution in [0.1, 0.15) is 29.9 Å². The normalized spacial score (nSPS) is 14.4. The predicted molar refractivity (Wildman–Crippen MR) is 109 cm³/mol. The van der Waals surface area contributed by atoms with Gasteiger partial charge in [-0.3, -0.25) is 9.48 Å². The summed E-state index contributed by atoms with van der Waals surface area (Å²) in [6.07, 6.45) is -4.44. The van der Waals surface area contributed by atoms with Crippen molar-refractivity contribution in [3.05, 3.63) is 64.8 Å². The average Bonchev–Trinajstić information content (AvgIpc) is 3.08. The van der Waals surface area contributed by atoms with Gasteiger partial charge in [-0.15, -0.1) is 0 Å². The molecule has 0 saturated heterocycles. The van der Waals surface area contributed by atoms with Crippen molar-refractivity contribution < 1.29 is 18.0 Å². The molecule has 0 radical (unpaired) electrons. The van der Waals surface area contributed by atoms with E-state index in [1.54, 1.807) is 33.8 Å². The number of alkyl halides is 3. The zero-order valence-corrected chi connectivity index (χ0v) is 17.1. The van der Waals surface area contributed by atoms with Gasteiger partial charge < -0.3 is 4.90 Å². The number of nitrogens with zero attached hydrogens (tertiary/aromatic N) is 3. The van der Waals surface area contributed by atoms with Gasteiger partial charge in [-0.1, -0.05) is 41.9 Å². The molecule has 0 fully saturated rings. The van der Waals surface area contributed by atoms with E-state index in [0.717, 1.165) is 12.1 Å². The number of rotatable bonds is 3. The van der Waals surface area contributed by atoms with Crippen LogP contribution in [0, 0.1) is 0 Å². The Kier molecular flexibility index (Phi) is 5.10. The second kappa shape index (κ2) is 7.47. The molecular formula is C22H19ClF3N3O. The number of fused-ring (bicyclic) bond motifs is 1. The fourth-order valence-corrected chi connectivity index (χ4v) is 3.94. The molecule has 0 bridgehead atoms. The van der Waals surface area contributed by atoms with E-state index >= 15 is 0 Å². The van der Waals surface area contributed by atoms with E-state index in [4.69, 9.17) is 11.6 Å². The molecule has 0 saturated carbocycles. The number of carbonyl (C=O) groups excluding carboxylic acids is 1. The Morgan fingerprint density at radius 3 is 2.30 bits per heavy atom. The van der Waals surface area contributed by atoms with Crippen LogP contribution >= 0.6 is 11.6 Å². The molecule has 4 nitrogen and oxygen atoms in total. The SMILES string of the molecule is CC(C)N1CCn2nc(-c3ccccc3Cl)c(-c3ccc(C(F)(F)F)cc3)c2C1=O. The lowest BCUT2D eigenvalue weighted by atomic mass is 9.96. The predicted octanol–water partition coefficient (Wildman–Crippen LogP) is 5.75. The number of halogens is 4. The number of aromatic nitrogens is 2. The van der Waals surface area contributed by atoms with Crippen LogP contribution < -0.4 is 0 Å². The van der Waals surface area contributed by atoms with E-state index in [1.165, 1.54) is 12.1 Å². The molecule has 1 aromatic heterocycles. The number of hydrogen-bond acceptors (Lipinski definition) is 2. The summed E-state index contributed by atoms with van der Waals surface area (Å²) in [5, 5.41) is 5.09. The fourth-order valence-electron chi connectivity index (χ4n) is 3.71. The summed E-state index contributed by atoms with van der Waals surface area (Å²) < 4.78 is 40.8. The maximum absolute atomic E-state index is 13.3. The Bertz CT molecular complexity index is 1100. The Morgan fingerprint density at radius 2 is 1.70 bits per heavy atom. The second-order valence-electron chi connectivity index (χ2n) is 7.44. The van der Waals surface area contributed by atoms with Crippen LogP contribution in [0.25, 0.3) is 22.4 Å². The summed E-state index contributed by atoms with van der Waals surface area (Å²) >= 11 is 6.39. The Morgan fingerprint density at radius 1 is 1.03 bits per heavy atom. The number of benzene rings is 2. The molecule has 0 unspecified atom stereocenters. The van der Waals surface area contributed by atoms with Gasteiger partial charge >= 0.3 is 6.18 Å². The van der Waals surface area contributed by atoms with Crippen LogP contribution in [0.2, 0.25) is 5.02 Å². The topological polar surface area (TPSA) is 38.1 Å². The van der Waals surface area contributed by atoms with Crippen molar-refractivity contribution in [1.82, 2.24) is 14.7 Å². The zero-order valence-electron chi connectivity index (χ0n) is 16.4. The average molecular weight is 434 g/mol. The van der Waals surface area contributed by atoms with Crippen molar-refractivity contribution in [3.8, 4) is 22.4 Å². The number of hydrogen-bond donors (Lipinski definition) is 0. The van der Waals surface area contributed by atoms with Crippen molar-refractivity contribution in [2.45, 2.75) is 32.6 Å². The van der Waals surface area contributed by atoms with Gasteiger partial charge in [0.05, 0.1) is 17.1 Å². The monoisotopic (exact) mass is 433 g/mol. The first-order chi connectivity index (χ1) is 14.2. The molecule has 4 rings (SSSR count). The third-order valence-corrected chi connectivity index (χ3v) is 5.55. The van der Waals surface area contributed by atoms with Crippen LogP contribution in [-0.4, -0.2) is 33.2 Å². The molecule has 0 N–H and O–H groups in total. The van der Waals surface area contributed by atoms with Gasteiger partial charge in [-0.05, 0) is 37.6 Å². The number of amides is 1. The lowest BCUT2D eigenvalue weighted by Gasteiger charge is -2.31. The summed E-state index contributed by atoms with van der Waals surface area (Å²) in [4.78, 5) is 15.0. The van der Waals surface area contributed by atoms with E-state index < -0.39 is 11.7 Å². The molecule has 0 atom stereocenters. The molecule has 0 spiro atoms. The van der Waals surface area contributed by atoms with Crippen LogP contribution in [-0.2, 0) is 12.7 Å². The third kappa shape index (κ3) is 3.47. The molecule has 0 aliphatic carbocycles. The Balaban J connectivity index is 1.95. The van der Waals surface area contributed by atoms with Crippen molar-refractivity contribution in [2.24, 2.45) is 0 Å².